The van der Waals surface area contributed by atoms with Crippen molar-refractivity contribution in [1.82, 2.24) is 0 Å². The Morgan fingerprint density at radius 1 is 1.35 bits per heavy atom. The van der Waals surface area contributed by atoms with E-state index in [1.165, 1.54) is 6.07 Å². The fourth-order valence-corrected chi connectivity index (χ4v) is 3.12. The maximum Gasteiger partial charge on any atom is 0.294 e. The molecule has 0 aromatic heterocycles. The normalized spacial score (nSPS) is 25.8. The Bertz CT molecular complexity index is 495. The van der Waals surface area contributed by atoms with Gasteiger partial charge >= 0.3 is 0 Å². The third-order valence-corrected chi connectivity index (χ3v) is 4.05. The smallest absolute Gasteiger partial charge is 0.294 e. The Hall–Kier alpha value is -0.910. The molecule has 17 heavy (non-hydrogen) atoms. The zero-order chi connectivity index (χ0) is 12.5. The van der Waals surface area contributed by atoms with Crippen molar-refractivity contribution in [3.63, 3.8) is 0 Å². The highest BCUT2D eigenvalue weighted by Crippen LogP contribution is 2.33. The van der Waals surface area contributed by atoms with E-state index >= 15 is 0 Å². The van der Waals surface area contributed by atoms with E-state index in [1.54, 1.807) is 18.2 Å². The second-order valence-corrected chi connectivity index (χ2v) is 5.81. The van der Waals surface area contributed by atoms with Crippen LogP contribution in [0.3, 0.4) is 0 Å². The van der Waals surface area contributed by atoms with Crippen LogP contribution in [-0.2, 0) is 14.9 Å². The molecule has 0 saturated carbocycles. The molecule has 2 rings (SSSR count). The molecular formula is C12H16O4S. The Labute approximate surface area is 101 Å². The zero-order valence-electron chi connectivity index (χ0n) is 9.67. The molecule has 1 aliphatic heterocycles. The Morgan fingerprint density at radius 3 is 2.71 bits per heavy atom. The first-order chi connectivity index (χ1) is 7.98. The number of hydrogen-bond donors (Lipinski definition) is 1. The molecular weight excluding hydrogens is 240 g/mol. The van der Waals surface area contributed by atoms with Crippen LogP contribution < -0.4 is 0 Å². The first-order valence-corrected chi connectivity index (χ1v) is 7.10. The summed E-state index contributed by atoms with van der Waals surface area (Å²) in [5.41, 5.74) is 0.699. The summed E-state index contributed by atoms with van der Waals surface area (Å²) < 4.78 is 37.3. The molecule has 1 heterocycles. The molecule has 2 unspecified atom stereocenters. The molecule has 0 spiro atoms. The van der Waals surface area contributed by atoms with Crippen LogP contribution in [0, 0.1) is 0 Å². The lowest BCUT2D eigenvalue weighted by Crippen LogP contribution is -2.23. The van der Waals surface area contributed by atoms with E-state index in [0.29, 0.717) is 12.2 Å². The van der Waals surface area contributed by atoms with Crippen molar-refractivity contribution in [2.24, 2.45) is 0 Å². The van der Waals surface area contributed by atoms with E-state index in [1.807, 2.05) is 6.92 Å². The number of rotatable bonds is 2. The molecule has 0 bridgehead atoms. The predicted octanol–water partition coefficient (Wildman–Crippen LogP) is 2.22. The summed E-state index contributed by atoms with van der Waals surface area (Å²) in [6, 6.07) is 6.64. The van der Waals surface area contributed by atoms with Gasteiger partial charge in [-0.1, -0.05) is 18.2 Å². The van der Waals surface area contributed by atoms with Crippen molar-refractivity contribution >= 4 is 10.1 Å². The molecule has 94 valence electrons. The molecule has 0 amide bonds. The third kappa shape index (κ3) is 2.86. The highest BCUT2D eigenvalue weighted by atomic mass is 32.2. The van der Waals surface area contributed by atoms with Crippen LogP contribution in [0.25, 0.3) is 0 Å². The van der Waals surface area contributed by atoms with E-state index in [-0.39, 0.29) is 16.9 Å². The molecule has 1 fully saturated rings. The van der Waals surface area contributed by atoms with Crippen molar-refractivity contribution in [3.8, 4) is 0 Å². The highest BCUT2D eigenvalue weighted by Gasteiger charge is 2.26. The summed E-state index contributed by atoms with van der Waals surface area (Å²) in [5, 5.41) is 0. The minimum absolute atomic E-state index is 0.0269. The first-order valence-electron chi connectivity index (χ1n) is 5.66. The lowest BCUT2D eigenvalue weighted by Gasteiger charge is -2.28. The Balaban J connectivity index is 2.38. The lowest BCUT2D eigenvalue weighted by atomic mass is 9.89. The number of hydrogen-bond acceptors (Lipinski definition) is 3. The SMILES string of the molecule is CC1CC(c2ccccc2S(=O)(=O)O)CCO1. The fourth-order valence-electron chi connectivity index (χ4n) is 2.33. The van der Waals surface area contributed by atoms with Gasteiger partial charge in [-0.3, -0.25) is 4.55 Å². The quantitative estimate of drug-likeness (QED) is 0.824. The van der Waals surface area contributed by atoms with Gasteiger partial charge < -0.3 is 4.74 Å². The van der Waals surface area contributed by atoms with Crippen LogP contribution in [0.2, 0.25) is 0 Å². The van der Waals surface area contributed by atoms with Gasteiger partial charge in [0.1, 0.15) is 0 Å². The Kier molecular flexibility index (Phi) is 3.51. The molecule has 1 saturated heterocycles. The minimum Gasteiger partial charge on any atom is -0.378 e. The van der Waals surface area contributed by atoms with Crippen LogP contribution in [0.15, 0.2) is 29.2 Å². The van der Waals surface area contributed by atoms with E-state index in [4.69, 9.17) is 4.74 Å². The summed E-state index contributed by atoms with van der Waals surface area (Å²) in [4.78, 5) is 0.0269. The topological polar surface area (TPSA) is 63.6 Å². The molecule has 5 heteroatoms. The van der Waals surface area contributed by atoms with Crippen molar-refractivity contribution in [2.75, 3.05) is 6.61 Å². The molecule has 1 aromatic rings. The van der Waals surface area contributed by atoms with Gasteiger partial charge in [0.05, 0.1) is 11.0 Å². The van der Waals surface area contributed by atoms with Gasteiger partial charge in [0, 0.05) is 6.61 Å². The summed E-state index contributed by atoms with van der Waals surface area (Å²) >= 11 is 0. The molecule has 1 N–H and O–H groups in total. The summed E-state index contributed by atoms with van der Waals surface area (Å²) in [6.45, 7) is 2.61. The average molecular weight is 256 g/mol. The van der Waals surface area contributed by atoms with Gasteiger partial charge in [0.15, 0.2) is 0 Å². The fraction of sp³-hybridized carbons (Fsp3) is 0.500. The second kappa shape index (κ2) is 4.76. The van der Waals surface area contributed by atoms with Gasteiger partial charge in [-0.15, -0.1) is 0 Å². The number of ether oxygens (including phenoxy) is 1. The van der Waals surface area contributed by atoms with Crippen molar-refractivity contribution in [3.05, 3.63) is 29.8 Å². The molecule has 1 aromatic carbocycles. The first kappa shape index (κ1) is 12.5. The van der Waals surface area contributed by atoms with E-state index in [9.17, 15) is 13.0 Å². The molecule has 4 nitrogen and oxygen atoms in total. The van der Waals surface area contributed by atoms with Gasteiger partial charge in [-0.2, -0.15) is 8.42 Å². The van der Waals surface area contributed by atoms with Crippen LogP contribution in [0.5, 0.6) is 0 Å². The van der Waals surface area contributed by atoms with Gasteiger partial charge in [0.2, 0.25) is 0 Å². The van der Waals surface area contributed by atoms with Crippen LogP contribution in [-0.4, -0.2) is 25.7 Å². The largest absolute Gasteiger partial charge is 0.378 e. The van der Waals surface area contributed by atoms with E-state index < -0.39 is 10.1 Å². The van der Waals surface area contributed by atoms with Gasteiger partial charge in [-0.05, 0) is 37.3 Å². The van der Waals surface area contributed by atoms with E-state index in [2.05, 4.69) is 0 Å². The monoisotopic (exact) mass is 256 g/mol. The number of benzene rings is 1. The maximum absolute atomic E-state index is 11.3. The highest BCUT2D eigenvalue weighted by molar-refractivity contribution is 7.85. The van der Waals surface area contributed by atoms with Crippen molar-refractivity contribution in [1.29, 1.82) is 0 Å². The average Bonchev–Trinajstić information content (AvgIpc) is 2.28. The summed E-state index contributed by atoms with van der Waals surface area (Å²) in [5.74, 6) is 0.136. The minimum atomic E-state index is -4.14. The predicted molar refractivity (Wildman–Crippen MR) is 63.6 cm³/mol. The Morgan fingerprint density at radius 2 is 2.06 bits per heavy atom. The van der Waals surface area contributed by atoms with Gasteiger partial charge in [-0.25, -0.2) is 0 Å². The molecule has 0 radical (unpaired) electrons. The summed E-state index contributed by atoms with van der Waals surface area (Å²) in [7, 11) is -4.14. The standard InChI is InChI=1S/C12H16O4S/c1-9-8-10(6-7-16-9)11-4-2-3-5-12(11)17(13,14)15/h2-5,9-10H,6-8H2,1H3,(H,13,14,15). The molecule has 2 atom stereocenters. The molecule has 1 aliphatic rings. The lowest BCUT2D eigenvalue weighted by molar-refractivity contribution is 0.0182. The summed E-state index contributed by atoms with van der Waals surface area (Å²) in [6.07, 6.45) is 1.70. The van der Waals surface area contributed by atoms with Crippen molar-refractivity contribution in [2.45, 2.75) is 36.7 Å². The van der Waals surface area contributed by atoms with Crippen LogP contribution in [0.4, 0.5) is 0 Å². The molecule has 0 aliphatic carbocycles. The van der Waals surface area contributed by atoms with Crippen molar-refractivity contribution < 1.29 is 17.7 Å². The third-order valence-electron chi connectivity index (χ3n) is 3.12. The van der Waals surface area contributed by atoms with Crippen LogP contribution >= 0.6 is 0 Å². The van der Waals surface area contributed by atoms with Gasteiger partial charge in [0.25, 0.3) is 10.1 Å². The van der Waals surface area contributed by atoms with Crippen LogP contribution in [0.1, 0.15) is 31.2 Å². The second-order valence-electron chi connectivity index (χ2n) is 4.42. The maximum atomic E-state index is 11.3. The van der Waals surface area contributed by atoms with E-state index in [0.717, 1.165) is 12.8 Å². The zero-order valence-corrected chi connectivity index (χ0v) is 10.5.